The Kier molecular flexibility index (Phi) is 41.8. The highest BCUT2D eigenvalue weighted by Gasteiger charge is 2.31. The van der Waals surface area contributed by atoms with E-state index in [0.717, 1.165) is 223 Å². The van der Waals surface area contributed by atoms with E-state index in [9.17, 15) is 9.65 Å². The Labute approximate surface area is 824 Å². The van der Waals surface area contributed by atoms with Crippen molar-refractivity contribution in [3.63, 3.8) is 0 Å². The van der Waals surface area contributed by atoms with Gasteiger partial charge in [-0.05, 0) is 177 Å². The molecule has 7 fully saturated rings. The largest absolute Gasteiger partial charge is 0.376 e. The van der Waals surface area contributed by atoms with Crippen molar-refractivity contribution in [3.8, 4) is 39.8 Å². The second kappa shape index (κ2) is 49.8. The molecule has 0 unspecified atom stereocenters. The number of nitrogens with one attached hydrogen (secondary N) is 5. The lowest BCUT2D eigenvalue weighted by Crippen LogP contribution is -2.22. The fourth-order valence-corrected chi connectivity index (χ4v) is 17.9. The lowest BCUT2D eigenvalue weighted by atomic mass is 9.86. The van der Waals surface area contributed by atoms with Crippen LogP contribution in [0.5, 0.6) is 0 Å². The summed E-state index contributed by atoms with van der Waals surface area (Å²) in [6.07, 6.45) is 37.1. The summed E-state index contributed by atoms with van der Waals surface area (Å²) < 4.78 is 28.3. The average Bonchev–Trinajstić information content (AvgIpc) is 1.71. The zero-order valence-corrected chi connectivity index (χ0v) is 83.1. The van der Waals surface area contributed by atoms with Crippen molar-refractivity contribution in [2.24, 2.45) is 28.7 Å². The van der Waals surface area contributed by atoms with Gasteiger partial charge in [0.25, 0.3) is 0 Å². The van der Waals surface area contributed by atoms with Gasteiger partial charge in [0.05, 0.1) is 78.5 Å². The monoisotopic (exact) mass is 1940 g/mol. The number of nitriles is 1. The number of benzene rings is 3. The lowest BCUT2D eigenvalue weighted by molar-refractivity contribution is 0.164. The topological polar surface area (TPSA) is 374 Å². The van der Waals surface area contributed by atoms with Crippen molar-refractivity contribution in [3.05, 3.63) is 199 Å². The Morgan fingerprint density at radius 3 is 1.07 bits per heavy atom. The maximum atomic E-state index is 13.5. The van der Waals surface area contributed by atoms with Gasteiger partial charge in [0, 0.05) is 149 Å². The Bertz CT molecular complexity index is 5740. The number of hydrogen-bond donors (Lipinski definition) is 10. The SMILES string of the molecule is CC(C)(C#N)c1ccc(-c2cc(N[C@H]3CC[C@H](N)C3)n3nccc3n2)cc1.N[C@H]1CC[C@H](Nc2cc(-c3ccc(C4CC4)cc3)nc3ccnn23)C1.N[C@H]1CC[C@H](Nc2cc(-c3cccc(F)c3)nc3ccnn23)C1.N[C@H]1CC[C@H](Nc2cc(C3=CCCOC3)nc3ccnn23)C1.N[C@H]1CC[C@H](Nc2cc(C3CCCCC3)nc3ccnn23)C1.S.S.S.S.S.S.S.S.S.S. The molecule has 3 aromatic carbocycles. The molecule has 8 aliphatic rings. The van der Waals surface area contributed by atoms with E-state index < -0.39 is 5.41 Å². The van der Waals surface area contributed by atoms with Crippen LogP contribution >= 0.6 is 135 Å². The molecule has 1 aliphatic heterocycles. The Hall–Kier alpha value is -7.82. The van der Waals surface area contributed by atoms with Crippen LogP contribution in [0.15, 0.2) is 171 Å². The standard InChI is InChI=1S/C21H24N6.C20H23N5.C17H18FN5.C17H25N5.C16H21N5O.10H2S/c1-21(2,13-22)15-5-3-14(4-6-15)18-12-20(25-17-8-7-16(23)11-17)27-19(26-18)9-10-24-27;21-16-7-8-17(11-16)23-20-12-18(24-19-9-10-22-25(19)20)15-5-3-14(4-6-15)13-1-2-13;18-12-3-1-2-11(8-12)15-10-17(21-14-5-4-13(19)9-14)23-16(22-15)6-7-20-23;18-13-6-7-14(10-13)20-17-11-15(12-4-2-1-3-5-12)21-16-8-9-19-22(16)17;17-12-3-4-13(8-12)19-16-9-14(11-2-1-7-22-10-11)20-15-5-6-18-21(15)16;;;;;;;;;;/h3-6,9-10,12,16-17,25H,7-8,11,23H2,1-2H3;3-6,9-10,12-13,16-17,23H,1-2,7-8,11,21H2;1-3,6-8,10,13-14,21H,4-5,9,19H2;8-9,11-14,20H,1-7,10,18H2;2,5-6,9,12-13,19H,1,3-4,7-8,10,17H2;10*1H2/t2*16-,17-;2*13-,14-;12-,13-;;;;;;;;;;/m00000........../s1. The van der Waals surface area contributed by atoms with Crippen molar-refractivity contribution in [2.75, 3.05) is 39.8 Å². The molecule has 129 heavy (non-hydrogen) atoms. The number of hydrogen-bond acceptors (Lipinski definition) is 22. The normalized spacial score (nSPS) is 21.3. The number of rotatable bonds is 17. The number of fused-ring (bicyclic) bond motifs is 5. The molecule has 11 heterocycles. The van der Waals surface area contributed by atoms with Crippen LogP contribution in [0.4, 0.5) is 33.5 Å². The summed E-state index contributed by atoms with van der Waals surface area (Å²) in [5.41, 5.74) is 45.2. The highest BCUT2D eigenvalue weighted by molar-refractivity contribution is 7.60. The van der Waals surface area contributed by atoms with Crippen molar-refractivity contribution >= 4 is 198 Å². The van der Waals surface area contributed by atoms with Crippen LogP contribution in [-0.2, 0) is 10.2 Å². The van der Waals surface area contributed by atoms with Crippen molar-refractivity contribution in [2.45, 2.75) is 239 Å². The van der Waals surface area contributed by atoms with E-state index in [-0.39, 0.29) is 153 Å². The van der Waals surface area contributed by atoms with Crippen LogP contribution in [0.25, 0.3) is 67.6 Å². The first kappa shape index (κ1) is 108. The van der Waals surface area contributed by atoms with Gasteiger partial charge in [0.2, 0.25) is 0 Å². The summed E-state index contributed by atoms with van der Waals surface area (Å²) in [5, 5.41) is 49.3. The van der Waals surface area contributed by atoms with Gasteiger partial charge in [0.1, 0.15) is 34.9 Å². The molecular formula is C91H131FN26OS10. The molecule has 0 bridgehead atoms. The molecule has 15 N–H and O–H groups in total. The van der Waals surface area contributed by atoms with E-state index in [1.54, 1.807) is 35.4 Å². The molecule has 0 saturated heterocycles. The van der Waals surface area contributed by atoms with E-state index in [1.807, 2.05) is 111 Å². The van der Waals surface area contributed by atoms with Gasteiger partial charge in [-0.1, -0.05) is 86.0 Å². The quantitative estimate of drug-likeness (QED) is 0.0405. The summed E-state index contributed by atoms with van der Waals surface area (Å²) in [7, 11) is 0. The van der Waals surface area contributed by atoms with Crippen LogP contribution in [-0.4, -0.2) is 147 Å². The highest BCUT2D eigenvalue weighted by atomic mass is 32.1. The number of aromatic nitrogens is 15. The number of anilines is 5. The van der Waals surface area contributed by atoms with E-state index in [4.69, 9.17) is 53.3 Å². The van der Waals surface area contributed by atoms with Gasteiger partial charge < -0.3 is 60.0 Å². The van der Waals surface area contributed by atoms with Crippen LogP contribution in [0, 0.1) is 17.1 Å². The third kappa shape index (κ3) is 27.0. The predicted molar refractivity (Wildman–Crippen MR) is 571 cm³/mol. The summed E-state index contributed by atoms with van der Waals surface area (Å²) in [6, 6.07) is 49.2. The van der Waals surface area contributed by atoms with Gasteiger partial charge in [-0.2, -0.15) is 188 Å². The number of nitrogens with zero attached hydrogens (tertiary/aromatic N) is 16. The summed E-state index contributed by atoms with van der Waals surface area (Å²) >= 11 is 0. The van der Waals surface area contributed by atoms with Crippen molar-refractivity contribution in [1.29, 1.82) is 5.26 Å². The van der Waals surface area contributed by atoms with Gasteiger partial charge in [-0.15, -0.1) is 0 Å². The third-order valence-corrected chi connectivity index (χ3v) is 24.8. The maximum absolute atomic E-state index is 13.5. The molecule has 13 aromatic rings. The molecule has 0 radical (unpaired) electrons. The fraction of sp³-hybridized carbons (Fsp3) is 0.440. The molecule has 27 nitrogen and oxygen atoms in total. The molecule has 7 aliphatic carbocycles. The van der Waals surface area contributed by atoms with Crippen molar-refractivity contribution in [1.82, 2.24) is 73.0 Å². The van der Waals surface area contributed by atoms with Gasteiger partial charge in [-0.3, -0.25) is 0 Å². The molecule has 7 saturated carbocycles. The molecule has 698 valence electrons. The molecule has 38 heteroatoms. The molecule has 10 atom stereocenters. The minimum Gasteiger partial charge on any atom is -0.376 e. The fourth-order valence-electron chi connectivity index (χ4n) is 17.9. The second-order valence-electron chi connectivity index (χ2n) is 34.4. The summed E-state index contributed by atoms with van der Waals surface area (Å²) in [5.74, 6) is 5.97. The first-order valence-corrected chi connectivity index (χ1v) is 43.0. The van der Waals surface area contributed by atoms with E-state index in [0.29, 0.717) is 60.9 Å². The van der Waals surface area contributed by atoms with E-state index >= 15 is 0 Å². The second-order valence-corrected chi connectivity index (χ2v) is 34.4. The smallest absolute Gasteiger partial charge is 0.157 e. The third-order valence-electron chi connectivity index (χ3n) is 24.8. The highest BCUT2D eigenvalue weighted by Crippen LogP contribution is 2.41. The van der Waals surface area contributed by atoms with Crippen LogP contribution in [0.2, 0.25) is 0 Å². The van der Waals surface area contributed by atoms with Gasteiger partial charge in [0.15, 0.2) is 28.2 Å². The molecular weight excluding hydrogens is 1810 g/mol. The lowest BCUT2D eigenvalue weighted by Gasteiger charge is -2.22. The summed E-state index contributed by atoms with van der Waals surface area (Å²) in [6.45, 7) is 5.27. The van der Waals surface area contributed by atoms with E-state index in [2.05, 4.69) is 112 Å². The molecule has 21 rings (SSSR count). The Morgan fingerprint density at radius 2 is 0.729 bits per heavy atom. The van der Waals surface area contributed by atoms with E-state index in [1.165, 1.54) is 68.3 Å². The Balaban J connectivity index is 0.000000217. The average molecular weight is 1940 g/mol. The summed E-state index contributed by atoms with van der Waals surface area (Å²) in [4.78, 5) is 23.6. The van der Waals surface area contributed by atoms with Gasteiger partial charge >= 0.3 is 0 Å². The first-order chi connectivity index (χ1) is 58.0. The van der Waals surface area contributed by atoms with Crippen LogP contribution in [0.1, 0.15) is 196 Å². The minimum absolute atomic E-state index is 0. The number of halogens is 1. The van der Waals surface area contributed by atoms with Crippen LogP contribution in [0.3, 0.4) is 0 Å². The Morgan fingerprint density at radius 1 is 0.380 bits per heavy atom. The van der Waals surface area contributed by atoms with Crippen molar-refractivity contribution < 1.29 is 9.13 Å². The minimum atomic E-state index is -0.505. The maximum Gasteiger partial charge on any atom is 0.157 e. The molecule has 0 spiro atoms. The van der Waals surface area contributed by atoms with Gasteiger partial charge in [-0.25, -0.2) is 29.3 Å². The zero-order valence-electron chi connectivity index (χ0n) is 73.1. The zero-order chi connectivity index (χ0) is 81.5. The number of nitrogens with two attached hydrogens (primary N) is 5. The van der Waals surface area contributed by atoms with Crippen LogP contribution < -0.4 is 55.3 Å². The number of ether oxygens (including phenoxy) is 1. The first-order valence-electron chi connectivity index (χ1n) is 43.0. The molecule has 0 amide bonds. The molecule has 10 aromatic heterocycles. The predicted octanol–water partition coefficient (Wildman–Crippen LogP) is 15.9.